The van der Waals surface area contributed by atoms with Crippen molar-refractivity contribution in [2.45, 2.75) is 32.1 Å². The molecular weight excluding hydrogens is 269 g/mol. The number of hydrogen-bond acceptors (Lipinski definition) is 3. The van der Waals surface area contributed by atoms with Gasteiger partial charge in [-0.05, 0) is 24.7 Å². The second-order valence-electron chi connectivity index (χ2n) is 5.38. The van der Waals surface area contributed by atoms with Crippen LogP contribution in [0.3, 0.4) is 0 Å². The summed E-state index contributed by atoms with van der Waals surface area (Å²) in [7, 11) is 0. The minimum absolute atomic E-state index is 0.417. The van der Waals surface area contributed by atoms with Crippen LogP contribution in [-0.4, -0.2) is 23.3 Å². The lowest BCUT2D eigenvalue weighted by Crippen LogP contribution is -2.42. The molecule has 2 atom stereocenters. The third-order valence-electron chi connectivity index (χ3n) is 4.33. The van der Waals surface area contributed by atoms with Crippen LogP contribution in [0.5, 0.6) is 0 Å². The number of rotatable bonds is 1. The van der Waals surface area contributed by atoms with Crippen molar-refractivity contribution in [2.75, 3.05) is 18.0 Å². The van der Waals surface area contributed by atoms with E-state index in [4.69, 9.17) is 23.2 Å². The number of piperidine rings is 1. The van der Waals surface area contributed by atoms with E-state index in [2.05, 4.69) is 15.1 Å². The number of fused-ring (bicyclic) bond motifs is 1. The van der Waals surface area contributed by atoms with Crippen LogP contribution in [0.25, 0.3) is 0 Å². The lowest BCUT2D eigenvalue weighted by atomic mass is 9.75. The Kier molecular flexibility index (Phi) is 3.62. The maximum absolute atomic E-state index is 6.13. The highest BCUT2D eigenvalue weighted by molar-refractivity contribution is 6.33. The molecule has 1 aliphatic carbocycles. The zero-order chi connectivity index (χ0) is 12.5. The van der Waals surface area contributed by atoms with E-state index in [1.54, 1.807) is 0 Å². The van der Waals surface area contributed by atoms with Gasteiger partial charge in [0.1, 0.15) is 0 Å². The van der Waals surface area contributed by atoms with Gasteiger partial charge < -0.3 is 4.90 Å². The van der Waals surface area contributed by atoms with E-state index < -0.39 is 0 Å². The summed E-state index contributed by atoms with van der Waals surface area (Å²) < 4.78 is 0. The molecule has 2 heterocycles. The molecule has 18 heavy (non-hydrogen) atoms. The van der Waals surface area contributed by atoms with Crippen LogP contribution in [0.2, 0.25) is 10.3 Å². The van der Waals surface area contributed by atoms with Crippen LogP contribution in [-0.2, 0) is 0 Å². The molecule has 0 bridgehead atoms. The molecule has 3 rings (SSSR count). The summed E-state index contributed by atoms with van der Waals surface area (Å²) in [6.07, 6.45) is 6.80. The maximum Gasteiger partial charge on any atom is 0.175 e. The van der Waals surface area contributed by atoms with Crippen LogP contribution in [0.4, 0.5) is 5.69 Å². The second kappa shape index (κ2) is 5.22. The van der Waals surface area contributed by atoms with Crippen molar-refractivity contribution >= 4 is 28.9 Å². The molecule has 98 valence electrons. The molecule has 0 aromatic carbocycles. The Morgan fingerprint density at radius 3 is 2.67 bits per heavy atom. The molecule has 1 aromatic rings. The van der Waals surface area contributed by atoms with E-state index in [0.717, 1.165) is 30.6 Å². The highest BCUT2D eigenvalue weighted by Gasteiger charge is 2.32. The fraction of sp³-hybridized carbons (Fsp3) is 0.692. The lowest BCUT2D eigenvalue weighted by Gasteiger charge is -2.42. The SMILES string of the molecule is Clc1cc(N2CCC3CCCCC3C2)c(Cl)nn1. The monoisotopic (exact) mass is 285 g/mol. The zero-order valence-corrected chi connectivity index (χ0v) is 11.8. The Morgan fingerprint density at radius 1 is 1.06 bits per heavy atom. The molecule has 0 amide bonds. The summed E-state index contributed by atoms with van der Waals surface area (Å²) in [5.41, 5.74) is 0.945. The average Bonchev–Trinajstić information content (AvgIpc) is 2.41. The maximum atomic E-state index is 6.13. The summed E-state index contributed by atoms with van der Waals surface area (Å²) in [6.45, 7) is 2.15. The van der Waals surface area contributed by atoms with E-state index in [-0.39, 0.29) is 0 Å². The average molecular weight is 286 g/mol. The van der Waals surface area contributed by atoms with Crippen LogP contribution >= 0.6 is 23.2 Å². The van der Waals surface area contributed by atoms with Gasteiger partial charge in [-0.3, -0.25) is 0 Å². The molecule has 0 radical (unpaired) electrons. The minimum Gasteiger partial charge on any atom is -0.369 e. The quantitative estimate of drug-likeness (QED) is 0.786. The van der Waals surface area contributed by atoms with Crippen molar-refractivity contribution in [1.29, 1.82) is 0 Å². The van der Waals surface area contributed by atoms with Gasteiger partial charge in [-0.2, -0.15) is 0 Å². The molecule has 2 unspecified atom stereocenters. The lowest BCUT2D eigenvalue weighted by molar-refractivity contribution is 0.202. The Morgan fingerprint density at radius 2 is 1.83 bits per heavy atom. The standard InChI is InChI=1S/C13H17Cl2N3/c14-12-7-11(13(15)17-16-12)18-6-5-9-3-1-2-4-10(9)8-18/h7,9-10H,1-6,8H2. The molecule has 0 N–H and O–H groups in total. The van der Waals surface area contributed by atoms with Gasteiger partial charge in [0.2, 0.25) is 0 Å². The van der Waals surface area contributed by atoms with Crippen molar-refractivity contribution in [3.63, 3.8) is 0 Å². The highest BCUT2D eigenvalue weighted by atomic mass is 35.5. The van der Waals surface area contributed by atoms with Crippen LogP contribution in [0.15, 0.2) is 6.07 Å². The zero-order valence-electron chi connectivity index (χ0n) is 10.3. The van der Waals surface area contributed by atoms with E-state index in [1.165, 1.54) is 32.1 Å². The molecular formula is C13H17Cl2N3. The summed E-state index contributed by atoms with van der Waals surface area (Å²) in [5, 5.41) is 8.56. The van der Waals surface area contributed by atoms with Crippen LogP contribution in [0.1, 0.15) is 32.1 Å². The number of hydrogen-bond donors (Lipinski definition) is 0. The van der Waals surface area contributed by atoms with Gasteiger partial charge in [-0.15, -0.1) is 10.2 Å². The Hall–Kier alpha value is -0.540. The number of halogens is 2. The van der Waals surface area contributed by atoms with Crippen molar-refractivity contribution in [3.8, 4) is 0 Å². The third-order valence-corrected chi connectivity index (χ3v) is 4.79. The summed E-state index contributed by atoms with van der Waals surface area (Å²) in [6, 6.07) is 1.83. The molecule has 1 saturated carbocycles. The van der Waals surface area contributed by atoms with E-state index in [0.29, 0.717) is 10.3 Å². The predicted octanol–water partition coefficient (Wildman–Crippen LogP) is 3.80. The van der Waals surface area contributed by atoms with Crippen molar-refractivity contribution in [1.82, 2.24) is 10.2 Å². The van der Waals surface area contributed by atoms with Gasteiger partial charge in [0, 0.05) is 19.2 Å². The largest absolute Gasteiger partial charge is 0.369 e. The first-order valence-electron chi connectivity index (χ1n) is 6.67. The number of nitrogens with zero attached hydrogens (tertiary/aromatic N) is 3. The normalized spacial score (nSPS) is 28.0. The van der Waals surface area contributed by atoms with Gasteiger partial charge in [0.15, 0.2) is 10.3 Å². The molecule has 2 fully saturated rings. The summed E-state index contributed by atoms with van der Waals surface area (Å²) in [5.74, 6) is 1.73. The Bertz CT molecular complexity index is 438. The Labute approximate surface area is 117 Å². The first-order chi connectivity index (χ1) is 8.74. The van der Waals surface area contributed by atoms with Gasteiger partial charge in [-0.1, -0.05) is 42.5 Å². The second-order valence-corrected chi connectivity index (χ2v) is 6.13. The van der Waals surface area contributed by atoms with Crippen molar-refractivity contribution in [3.05, 3.63) is 16.4 Å². The van der Waals surface area contributed by atoms with Crippen molar-refractivity contribution in [2.24, 2.45) is 11.8 Å². The fourth-order valence-electron chi connectivity index (χ4n) is 3.39. The highest BCUT2D eigenvalue weighted by Crippen LogP contribution is 2.38. The number of aromatic nitrogens is 2. The molecule has 1 aromatic heterocycles. The van der Waals surface area contributed by atoms with E-state index in [1.807, 2.05) is 6.07 Å². The first-order valence-corrected chi connectivity index (χ1v) is 7.43. The van der Waals surface area contributed by atoms with E-state index >= 15 is 0 Å². The third kappa shape index (κ3) is 2.43. The van der Waals surface area contributed by atoms with Gasteiger partial charge >= 0.3 is 0 Å². The van der Waals surface area contributed by atoms with Crippen LogP contribution < -0.4 is 4.90 Å². The fourth-order valence-corrected chi connectivity index (χ4v) is 3.74. The van der Waals surface area contributed by atoms with E-state index in [9.17, 15) is 0 Å². The summed E-state index contributed by atoms with van der Waals surface area (Å²) >= 11 is 12.0. The molecule has 1 saturated heterocycles. The first kappa shape index (κ1) is 12.5. The minimum atomic E-state index is 0.417. The van der Waals surface area contributed by atoms with Crippen LogP contribution in [0, 0.1) is 11.8 Å². The topological polar surface area (TPSA) is 29.0 Å². The van der Waals surface area contributed by atoms with Gasteiger partial charge in [0.05, 0.1) is 5.69 Å². The molecule has 0 spiro atoms. The van der Waals surface area contributed by atoms with Gasteiger partial charge in [-0.25, -0.2) is 0 Å². The van der Waals surface area contributed by atoms with Crippen molar-refractivity contribution < 1.29 is 0 Å². The predicted molar refractivity (Wildman–Crippen MR) is 74.3 cm³/mol. The molecule has 2 aliphatic rings. The van der Waals surface area contributed by atoms with Gasteiger partial charge in [0.25, 0.3) is 0 Å². The number of anilines is 1. The molecule has 3 nitrogen and oxygen atoms in total. The Balaban J connectivity index is 1.79. The molecule has 5 heteroatoms. The summed E-state index contributed by atoms with van der Waals surface area (Å²) in [4.78, 5) is 2.33. The smallest absolute Gasteiger partial charge is 0.175 e. The molecule has 1 aliphatic heterocycles.